The number of aryl methyl sites for hydroxylation is 1. The van der Waals surface area contributed by atoms with Crippen LogP contribution in [0.3, 0.4) is 0 Å². The van der Waals surface area contributed by atoms with Crippen molar-refractivity contribution < 1.29 is 82.4 Å². The molecule has 1 aliphatic carbocycles. The molecule has 12 heteroatoms. The van der Waals surface area contributed by atoms with E-state index >= 15 is 0 Å². The van der Waals surface area contributed by atoms with Gasteiger partial charge in [0.1, 0.15) is 10.1 Å². The summed E-state index contributed by atoms with van der Waals surface area (Å²) in [5.41, 5.74) is 4.39. The topological polar surface area (TPSA) is 164 Å². The molecule has 0 atom stereocenters. The van der Waals surface area contributed by atoms with Gasteiger partial charge in [-0.25, -0.2) is 16.8 Å². The number of rotatable bonds is 4. The average molecular weight is 511 g/mol. The van der Waals surface area contributed by atoms with Crippen LogP contribution in [0.2, 0.25) is 0 Å². The van der Waals surface area contributed by atoms with Crippen molar-refractivity contribution in [1.82, 2.24) is 0 Å². The zero-order chi connectivity index (χ0) is 23.4. The minimum Gasteiger partial charge on any atom is -0.744 e. The molecule has 0 fully saturated rings. The molecule has 1 aliphatic rings. The maximum atomic E-state index is 13.2. The van der Waals surface area contributed by atoms with Gasteiger partial charge in [-0.05, 0) is 25.1 Å². The first-order valence-corrected chi connectivity index (χ1v) is 12.0. The molecular weight excluding hydrogens is 495 g/mol. The number of hydrogen-bond donors (Lipinski definition) is 2. The second kappa shape index (κ2) is 9.04. The van der Waals surface area contributed by atoms with E-state index in [4.69, 9.17) is 5.73 Å². The third-order valence-corrected chi connectivity index (χ3v) is 7.30. The summed E-state index contributed by atoms with van der Waals surface area (Å²) in [5, 5.41) is 0. The van der Waals surface area contributed by atoms with Gasteiger partial charge < -0.3 is 10.3 Å². The maximum absolute atomic E-state index is 13.2. The normalized spacial score (nSPS) is 13.0. The van der Waals surface area contributed by atoms with Crippen LogP contribution < -0.4 is 61.8 Å². The van der Waals surface area contributed by atoms with E-state index in [0.29, 0.717) is 6.07 Å². The van der Waals surface area contributed by atoms with Crippen LogP contribution in [0.25, 0.3) is 0 Å². The molecule has 0 spiro atoms. The summed E-state index contributed by atoms with van der Waals surface area (Å²) in [7, 11) is -9.52. The molecule has 3 N–H and O–H groups in total. The van der Waals surface area contributed by atoms with E-state index in [-0.39, 0.29) is 67.4 Å². The second-order valence-electron chi connectivity index (χ2n) is 7.16. The number of anilines is 2. The fourth-order valence-corrected chi connectivity index (χ4v) is 5.20. The molecule has 0 heterocycles. The number of nitrogens with two attached hydrogens (primary N) is 1. The third kappa shape index (κ3) is 4.57. The van der Waals surface area contributed by atoms with Gasteiger partial charge in [-0.1, -0.05) is 42.0 Å². The van der Waals surface area contributed by atoms with Gasteiger partial charge in [0.25, 0.3) is 10.0 Å². The van der Waals surface area contributed by atoms with Crippen LogP contribution in [-0.4, -0.2) is 33.0 Å². The number of nitrogens with one attached hydrogen (secondary N) is 1. The van der Waals surface area contributed by atoms with E-state index in [1.54, 1.807) is 19.1 Å². The molecule has 0 aliphatic heterocycles. The van der Waals surface area contributed by atoms with Gasteiger partial charge in [0.2, 0.25) is 0 Å². The predicted octanol–water partition coefficient (Wildman–Crippen LogP) is -0.938. The maximum Gasteiger partial charge on any atom is 1.00 e. The monoisotopic (exact) mass is 510 g/mol. The SMILES string of the molecule is Cc1ccc(S(=O)(=O)Nc2cc(S(=O)(=O)[O-])c(N)c3c2C(=O)c2ccccc2C3=O)cc1.[K+]. The third-order valence-electron chi connectivity index (χ3n) is 5.04. The zero-order valence-electron chi connectivity index (χ0n) is 17.4. The fourth-order valence-electron chi connectivity index (χ4n) is 3.50. The number of carbonyl (C=O) groups excluding carboxylic acids is 2. The van der Waals surface area contributed by atoms with Gasteiger partial charge in [0, 0.05) is 11.1 Å². The minimum atomic E-state index is -5.21. The molecular formula is C21H15KN2O7S2. The molecule has 0 bridgehead atoms. The van der Waals surface area contributed by atoms with Gasteiger partial charge in [0.15, 0.2) is 11.6 Å². The molecule has 0 unspecified atom stereocenters. The predicted molar refractivity (Wildman–Crippen MR) is 114 cm³/mol. The average Bonchev–Trinajstić information content (AvgIpc) is 2.72. The van der Waals surface area contributed by atoms with E-state index in [1.165, 1.54) is 36.4 Å². The van der Waals surface area contributed by atoms with Crippen molar-refractivity contribution in [2.45, 2.75) is 16.7 Å². The number of benzene rings is 3. The summed E-state index contributed by atoms with van der Waals surface area (Å²) >= 11 is 0. The van der Waals surface area contributed by atoms with E-state index in [9.17, 15) is 31.0 Å². The molecule has 0 saturated carbocycles. The Morgan fingerprint density at radius 1 is 0.848 bits per heavy atom. The molecule has 3 aromatic carbocycles. The molecule has 0 radical (unpaired) electrons. The van der Waals surface area contributed by atoms with Crippen LogP contribution in [0.5, 0.6) is 0 Å². The Hall–Kier alpha value is -1.90. The van der Waals surface area contributed by atoms with Crippen LogP contribution in [-0.2, 0) is 20.1 Å². The van der Waals surface area contributed by atoms with Gasteiger partial charge in [-0.15, -0.1) is 0 Å². The number of sulfonamides is 1. The molecule has 9 nitrogen and oxygen atoms in total. The number of ketones is 2. The fraction of sp³-hybridized carbons (Fsp3) is 0.0476. The Bertz CT molecular complexity index is 1530. The molecule has 33 heavy (non-hydrogen) atoms. The Labute approximate surface area is 232 Å². The summed E-state index contributed by atoms with van der Waals surface area (Å²) in [6.07, 6.45) is 0. The summed E-state index contributed by atoms with van der Waals surface area (Å²) < 4.78 is 63.3. The quantitative estimate of drug-likeness (QED) is 0.202. The van der Waals surface area contributed by atoms with Crippen LogP contribution >= 0.6 is 0 Å². The van der Waals surface area contributed by atoms with Gasteiger partial charge in [0.05, 0.1) is 32.3 Å². The molecule has 0 amide bonds. The Morgan fingerprint density at radius 2 is 1.36 bits per heavy atom. The first-order chi connectivity index (χ1) is 14.9. The zero-order valence-corrected chi connectivity index (χ0v) is 22.2. The molecule has 0 aromatic heterocycles. The molecule has 4 rings (SSSR count). The summed E-state index contributed by atoms with van der Waals surface area (Å²) in [6.45, 7) is 1.76. The minimum absolute atomic E-state index is 0. The first-order valence-electron chi connectivity index (χ1n) is 9.12. The van der Waals surface area contributed by atoms with Crippen molar-refractivity contribution in [2.75, 3.05) is 10.5 Å². The number of nitrogen functional groups attached to an aromatic ring is 1. The van der Waals surface area contributed by atoms with Crippen molar-refractivity contribution in [1.29, 1.82) is 0 Å². The van der Waals surface area contributed by atoms with Gasteiger partial charge in [-0.2, -0.15) is 0 Å². The van der Waals surface area contributed by atoms with Gasteiger partial charge in [-0.3, -0.25) is 14.3 Å². The van der Waals surface area contributed by atoms with E-state index in [2.05, 4.69) is 4.72 Å². The summed E-state index contributed by atoms with van der Waals surface area (Å²) in [4.78, 5) is 25.1. The van der Waals surface area contributed by atoms with Crippen LogP contribution in [0.15, 0.2) is 64.4 Å². The molecule has 164 valence electrons. The number of carbonyl (C=O) groups is 2. The van der Waals surface area contributed by atoms with Crippen molar-refractivity contribution in [3.8, 4) is 0 Å². The number of hydrogen-bond acceptors (Lipinski definition) is 8. The van der Waals surface area contributed by atoms with Crippen molar-refractivity contribution >= 4 is 43.1 Å². The van der Waals surface area contributed by atoms with Crippen molar-refractivity contribution in [2.24, 2.45) is 0 Å². The molecule has 3 aromatic rings. The number of fused-ring (bicyclic) bond motifs is 2. The van der Waals surface area contributed by atoms with E-state index in [0.717, 1.165) is 5.56 Å². The smallest absolute Gasteiger partial charge is 0.744 e. The van der Waals surface area contributed by atoms with Crippen LogP contribution in [0.1, 0.15) is 37.4 Å². The Morgan fingerprint density at radius 3 is 1.88 bits per heavy atom. The second-order valence-corrected chi connectivity index (χ2v) is 10.2. The summed E-state index contributed by atoms with van der Waals surface area (Å²) in [6, 6.07) is 12.1. The summed E-state index contributed by atoms with van der Waals surface area (Å²) in [5.74, 6) is -1.53. The Balaban J connectivity index is 0.00000306. The standard InChI is InChI=1S/C21H16N2O7S2.K/c1-11-6-8-12(9-7-11)31(26,27)23-15-10-16(32(28,29)30)19(22)18-17(15)20(24)13-4-2-3-5-14(13)21(18)25;/h2-10,23H,22H2,1H3,(H,28,29,30);/q;+1/p-1. The van der Waals surface area contributed by atoms with Crippen molar-refractivity contribution in [3.63, 3.8) is 0 Å². The first kappa shape index (κ1) is 25.7. The van der Waals surface area contributed by atoms with E-state index in [1.807, 2.05) is 0 Å². The van der Waals surface area contributed by atoms with Crippen LogP contribution in [0.4, 0.5) is 11.4 Å². The van der Waals surface area contributed by atoms with Gasteiger partial charge >= 0.3 is 51.4 Å². The molecule has 0 saturated heterocycles. The van der Waals surface area contributed by atoms with Crippen molar-refractivity contribution in [3.05, 3.63) is 82.4 Å². The largest absolute Gasteiger partial charge is 1.00 e. The Kier molecular flexibility index (Phi) is 7.04. The van der Waals surface area contributed by atoms with E-state index < -0.39 is 59.1 Å². The van der Waals surface area contributed by atoms with Crippen LogP contribution in [0, 0.1) is 6.92 Å².